The molecule has 74 valence electrons. The first-order valence-electron chi connectivity index (χ1n) is 3.92. The van der Waals surface area contributed by atoms with Crippen LogP contribution in [0.2, 0.25) is 0 Å². The molecule has 0 aliphatic rings. The van der Waals surface area contributed by atoms with Crippen molar-refractivity contribution in [3.8, 4) is 0 Å². The van der Waals surface area contributed by atoms with E-state index in [9.17, 15) is 0 Å². The second-order valence-corrected chi connectivity index (χ2v) is 2.76. The van der Waals surface area contributed by atoms with E-state index in [-0.39, 0.29) is 26.4 Å². The largest absolute Gasteiger partial charge is 0.396 e. The minimum absolute atomic E-state index is 0.0876. The molecule has 4 N–H and O–H groups in total. The van der Waals surface area contributed by atoms with Crippen molar-refractivity contribution in [3.63, 3.8) is 0 Å². The van der Waals surface area contributed by atoms with E-state index < -0.39 is 5.41 Å². The quantitative estimate of drug-likeness (QED) is 0.282. The van der Waals surface area contributed by atoms with Crippen molar-refractivity contribution in [2.24, 2.45) is 5.41 Å². The third-order valence-corrected chi connectivity index (χ3v) is 1.63. The summed E-state index contributed by atoms with van der Waals surface area (Å²) in [6.07, 6.45) is 0. The van der Waals surface area contributed by atoms with Crippen LogP contribution in [0.3, 0.4) is 0 Å². The molecular weight excluding hydrogens is 162 g/mol. The van der Waals surface area contributed by atoms with Crippen LogP contribution in [0.5, 0.6) is 0 Å². The lowest BCUT2D eigenvalue weighted by Gasteiger charge is -2.26. The molecule has 0 bridgehead atoms. The molecule has 5 heteroatoms. The van der Waals surface area contributed by atoms with Crippen molar-refractivity contribution in [2.45, 2.75) is 6.92 Å². The van der Waals surface area contributed by atoms with Crippen LogP contribution in [0.25, 0.3) is 0 Å². The average molecular weight is 179 g/mol. The van der Waals surface area contributed by atoms with Gasteiger partial charge in [0.05, 0.1) is 31.8 Å². The fourth-order valence-electron chi connectivity index (χ4n) is 0.593. The summed E-state index contributed by atoms with van der Waals surface area (Å²) in [4.78, 5) is 4.89. The van der Waals surface area contributed by atoms with E-state index in [0.29, 0.717) is 6.54 Å². The van der Waals surface area contributed by atoms with E-state index in [2.05, 4.69) is 5.48 Å². The molecule has 0 saturated heterocycles. The van der Waals surface area contributed by atoms with Crippen LogP contribution >= 0.6 is 0 Å². The van der Waals surface area contributed by atoms with E-state index >= 15 is 0 Å². The molecular formula is C7H17NO4. The Morgan fingerprint density at radius 3 is 2.00 bits per heavy atom. The topological polar surface area (TPSA) is 82.0 Å². The van der Waals surface area contributed by atoms with Crippen molar-refractivity contribution in [1.82, 2.24) is 5.48 Å². The summed E-state index contributed by atoms with van der Waals surface area (Å²) in [5, 5.41) is 26.5. The molecule has 0 aromatic heterocycles. The highest BCUT2D eigenvalue weighted by atomic mass is 16.6. The first-order valence-corrected chi connectivity index (χ1v) is 3.92. The van der Waals surface area contributed by atoms with Crippen LogP contribution in [-0.2, 0) is 4.84 Å². The molecule has 0 heterocycles. The van der Waals surface area contributed by atoms with Gasteiger partial charge < -0.3 is 20.2 Å². The highest BCUT2D eigenvalue weighted by Gasteiger charge is 2.28. The Balaban J connectivity index is 3.76. The molecule has 0 radical (unpaired) electrons. The highest BCUT2D eigenvalue weighted by molar-refractivity contribution is 4.75. The zero-order chi connectivity index (χ0) is 9.45. The molecule has 0 saturated carbocycles. The second-order valence-electron chi connectivity index (χ2n) is 2.76. The molecule has 0 rings (SSSR count). The molecule has 0 amide bonds. The van der Waals surface area contributed by atoms with E-state index in [4.69, 9.17) is 20.2 Å². The van der Waals surface area contributed by atoms with Gasteiger partial charge in [0.1, 0.15) is 0 Å². The molecule has 0 spiro atoms. The second kappa shape index (κ2) is 6.33. The minimum Gasteiger partial charge on any atom is -0.396 e. The Hall–Kier alpha value is -0.200. The molecule has 0 aliphatic carbocycles. The molecule has 0 fully saturated rings. The molecule has 0 aliphatic heterocycles. The summed E-state index contributed by atoms with van der Waals surface area (Å²) >= 11 is 0. The fourth-order valence-corrected chi connectivity index (χ4v) is 0.593. The van der Waals surface area contributed by atoms with Crippen molar-refractivity contribution in [2.75, 3.05) is 33.0 Å². The van der Waals surface area contributed by atoms with Gasteiger partial charge in [0.25, 0.3) is 0 Å². The van der Waals surface area contributed by atoms with Gasteiger partial charge in [-0.15, -0.1) is 0 Å². The summed E-state index contributed by atoms with van der Waals surface area (Å²) in [7, 11) is 0. The maximum absolute atomic E-state index is 8.85. The summed E-state index contributed by atoms with van der Waals surface area (Å²) < 4.78 is 0. The highest BCUT2D eigenvalue weighted by Crippen LogP contribution is 2.13. The van der Waals surface area contributed by atoms with Crippen molar-refractivity contribution < 1.29 is 20.2 Å². The van der Waals surface area contributed by atoms with Crippen molar-refractivity contribution >= 4 is 0 Å². The van der Waals surface area contributed by atoms with Crippen LogP contribution in [0.1, 0.15) is 6.92 Å². The summed E-state index contributed by atoms with van der Waals surface area (Å²) in [6.45, 7) is 1.68. The van der Waals surface area contributed by atoms with Gasteiger partial charge >= 0.3 is 0 Å². The first-order chi connectivity index (χ1) is 5.74. The maximum Gasteiger partial charge on any atom is 0.0804 e. The van der Waals surface area contributed by atoms with Gasteiger partial charge in [0, 0.05) is 6.54 Å². The predicted molar refractivity (Wildman–Crippen MR) is 43.3 cm³/mol. The molecule has 0 atom stereocenters. The maximum atomic E-state index is 8.85. The zero-order valence-corrected chi connectivity index (χ0v) is 7.29. The number of nitrogens with one attached hydrogen (secondary N) is 1. The lowest BCUT2D eigenvalue weighted by molar-refractivity contribution is -0.0854. The number of aliphatic hydroxyl groups is 3. The monoisotopic (exact) mass is 179 g/mol. The van der Waals surface area contributed by atoms with E-state index in [1.807, 2.05) is 6.92 Å². The van der Waals surface area contributed by atoms with Crippen molar-refractivity contribution in [1.29, 1.82) is 0 Å². The van der Waals surface area contributed by atoms with Gasteiger partial charge in [-0.1, -0.05) is 6.92 Å². The van der Waals surface area contributed by atoms with E-state index in [0.717, 1.165) is 0 Å². The van der Waals surface area contributed by atoms with Gasteiger partial charge in [-0.25, -0.2) is 5.48 Å². The molecule has 0 aromatic rings. The summed E-state index contributed by atoms with van der Waals surface area (Å²) in [5.41, 5.74) is 1.63. The van der Waals surface area contributed by atoms with Crippen LogP contribution in [0.4, 0.5) is 0 Å². The van der Waals surface area contributed by atoms with E-state index in [1.165, 1.54) is 0 Å². The Kier molecular flexibility index (Phi) is 6.23. The number of hydrogen-bond acceptors (Lipinski definition) is 5. The molecule has 12 heavy (non-hydrogen) atoms. The SMILES string of the molecule is CCNOCC(CO)(CO)CO. The van der Waals surface area contributed by atoms with E-state index in [1.54, 1.807) is 0 Å². The van der Waals surface area contributed by atoms with Gasteiger partial charge in [0.2, 0.25) is 0 Å². The number of hydrogen-bond donors (Lipinski definition) is 4. The van der Waals surface area contributed by atoms with Gasteiger partial charge in [0.15, 0.2) is 0 Å². The fraction of sp³-hybridized carbons (Fsp3) is 1.00. The lowest BCUT2D eigenvalue weighted by Crippen LogP contribution is -2.40. The predicted octanol–water partition coefficient (Wildman–Crippen LogP) is -1.51. The molecule has 0 aromatic carbocycles. The van der Waals surface area contributed by atoms with Crippen LogP contribution in [0.15, 0.2) is 0 Å². The normalized spacial score (nSPS) is 12.0. The molecule has 0 unspecified atom stereocenters. The van der Waals surface area contributed by atoms with Gasteiger partial charge in [-0.3, -0.25) is 0 Å². The lowest BCUT2D eigenvalue weighted by atomic mass is 9.93. The standard InChI is InChI=1S/C7H17NO4/c1-2-8-12-6-7(3-9,4-10)5-11/h8-11H,2-6H2,1H3. The third kappa shape index (κ3) is 3.46. The van der Waals surface area contributed by atoms with Crippen LogP contribution in [-0.4, -0.2) is 48.3 Å². The Morgan fingerprint density at radius 2 is 1.67 bits per heavy atom. The summed E-state index contributed by atoms with van der Waals surface area (Å²) in [5.74, 6) is 0. The first kappa shape index (κ1) is 11.8. The van der Waals surface area contributed by atoms with Crippen molar-refractivity contribution in [3.05, 3.63) is 0 Å². The third-order valence-electron chi connectivity index (χ3n) is 1.63. The Labute approximate surface area is 71.9 Å². The average Bonchev–Trinajstić information content (AvgIpc) is 2.14. The Bertz CT molecular complexity index is 97.3. The number of hydroxylamine groups is 1. The minimum atomic E-state index is -0.942. The number of rotatable bonds is 7. The molecule has 5 nitrogen and oxygen atoms in total. The smallest absolute Gasteiger partial charge is 0.0804 e. The Morgan fingerprint density at radius 1 is 1.17 bits per heavy atom. The van der Waals surface area contributed by atoms with Crippen LogP contribution in [0, 0.1) is 5.41 Å². The van der Waals surface area contributed by atoms with Crippen LogP contribution < -0.4 is 5.48 Å². The summed E-state index contributed by atoms with van der Waals surface area (Å²) in [6, 6.07) is 0. The zero-order valence-electron chi connectivity index (χ0n) is 7.29. The van der Waals surface area contributed by atoms with Gasteiger partial charge in [-0.2, -0.15) is 0 Å². The van der Waals surface area contributed by atoms with Gasteiger partial charge in [-0.05, 0) is 0 Å². The number of aliphatic hydroxyl groups excluding tert-OH is 3.